The lowest BCUT2D eigenvalue weighted by Crippen LogP contribution is -3.14. The quantitative estimate of drug-likeness (QED) is 0.540. The fourth-order valence-electron chi connectivity index (χ4n) is 3.73. The summed E-state index contributed by atoms with van der Waals surface area (Å²) in [6.45, 7) is 7.89. The largest absolute Gasteiger partial charge is 0.495 e. The van der Waals surface area contributed by atoms with Gasteiger partial charge in [-0.15, -0.1) is 0 Å². The summed E-state index contributed by atoms with van der Waals surface area (Å²) in [6, 6.07) is 15.5. The van der Waals surface area contributed by atoms with Gasteiger partial charge in [0, 0.05) is 12.0 Å². The third kappa shape index (κ3) is 6.29. The number of hydrogen-bond donors (Lipinski definition) is 3. The van der Waals surface area contributed by atoms with Crippen molar-refractivity contribution >= 4 is 11.6 Å². The first-order valence-electron chi connectivity index (χ1n) is 10.4. The number of nitrogens with one attached hydrogen (secondary N) is 2. The normalized spacial score (nSPS) is 15.7. The van der Waals surface area contributed by atoms with E-state index >= 15 is 0 Å². The third-order valence-corrected chi connectivity index (χ3v) is 5.39. The van der Waals surface area contributed by atoms with Gasteiger partial charge < -0.3 is 25.0 Å². The molecule has 0 aliphatic carbocycles. The van der Waals surface area contributed by atoms with Crippen molar-refractivity contribution < 1.29 is 24.5 Å². The van der Waals surface area contributed by atoms with Crippen molar-refractivity contribution in [3.8, 4) is 5.75 Å². The number of ether oxygens (including phenoxy) is 2. The Morgan fingerprint density at radius 3 is 2.69 bits per heavy atom. The van der Waals surface area contributed by atoms with Gasteiger partial charge in [-0.1, -0.05) is 36.4 Å². The molecular formula is C23H33N3O3+2. The standard InChI is InChI=1S/C23H31N3O3/c1-18-9-10-21(28-2)20(17-18)25-23(27)22(19-7-4-3-5-8-19)24-11-6-12-26-13-15-29-16-14-26/h3-5,7-10,17,22,24H,6,11-16H2,1-2H3,(H,25,27)/p+2/t22-/m0/s1. The molecule has 156 valence electrons. The van der Waals surface area contributed by atoms with Crippen molar-refractivity contribution in [2.24, 2.45) is 0 Å². The van der Waals surface area contributed by atoms with E-state index in [1.54, 1.807) is 12.0 Å². The van der Waals surface area contributed by atoms with Crippen LogP contribution in [-0.2, 0) is 9.53 Å². The number of benzene rings is 2. The summed E-state index contributed by atoms with van der Waals surface area (Å²) in [5.74, 6) is 0.644. The number of rotatable bonds is 9. The van der Waals surface area contributed by atoms with Crippen LogP contribution in [0.3, 0.4) is 0 Å². The first kappa shape index (κ1) is 21.3. The molecule has 0 saturated carbocycles. The van der Waals surface area contributed by atoms with Crippen molar-refractivity contribution in [2.75, 3.05) is 51.8 Å². The third-order valence-electron chi connectivity index (χ3n) is 5.39. The topological polar surface area (TPSA) is 68.6 Å². The molecule has 29 heavy (non-hydrogen) atoms. The number of nitrogens with two attached hydrogens (primary N) is 1. The van der Waals surface area contributed by atoms with Gasteiger partial charge in [-0.05, 0) is 24.6 Å². The zero-order valence-electron chi connectivity index (χ0n) is 17.4. The molecule has 2 aromatic rings. The highest BCUT2D eigenvalue weighted by atomic mass is 16.5. The van der Waals surface area contributed by atoms with Gasteiger partial charge in [-0.25, -0.2) is 0 Å². The van der Waals surface area contributed by atoms with Crippen LogP contribution < -0.4 is 20.3 Å². The van der Waals surface area contributed by atoms with Crippen LogP contribution in [0.25, 0.3) is 0 Å². The van der Waals surface area contributed by atoms with Crippen LogP contribution in [0.15, 0.2) is 48.5 Å². The zero-order chi connectivity index (χ0) is 20.5. The molecule has 6 heteroatoms. The van der Waals surface area contributed by atoms with E-state index in [0.717, 1.165) is 56.9 Å². The van der Waals surface area contributed by atoms with E-state index in [0.29, 0.717) is 11.4 Å². The molecule has 2 aromatic carbocycles. The van der Waals surface area contributed by atoms with Crippen LogP contribution in [0.2, 0.25) is 0 Å². The van der Waals surface area contributed by atoms with E-state index in [9.17, 15) is 4.79 Å². The molecule has 0 bridgehead atoms. The van der Waals surface area contributed by atoms with Gasteiger partial charge in [0.25, 0.3) is 5.91 Å². The number of carbonyl (C=O) groups is 1. The van der Waals surface area contributed by atoms with Gasteiger partial charge in [0.2, 0.25) is 0 Å². The molecule has 4 N–H and O–H groups in total. The molecule has 1 atom stereocenters. The fraction of sp³-hybridized carbons (Fsp3) is 0.435. The lowest BCUT2D eigenvalue weighted by molar-refractivity contribution is -0.909. The summed E-state index contributed by atoms with van der Waals surface area (Å²) in [7, 11) is 1.62. The van der Waals surface area contributed by atoms with Crippen LogP contribution in [-0.4, -0.2) is 52.4 Å². The molecule has 6 nitrogen and oxygen atoms in total. The van der Waals surface area contributed by atoms with Gasteiger partial charge in [-0.3, -0.25) is 4.79 Å². The van der Waals surface area contributed by atoms with Gasteiger partial charge in [0.15, 0.2) is 6.04 Å². The van der Waals surface area contributed by atoms with Crippen LogP contribution in [0.5, 0.6) is 5.75 Å². The molecule has 3 rings (SSSR count). The van der Waals surface area contributed by atoms with Crippen LogP contribution >= 0.6 is 0 Å². The van der Waals surface area contributed by atoms with Crippen LogP contribution in [0.4, 0.5) is 5.69 Å². The Morgan fingerprint density at radius 2 is 1.97 bits per heavy atom. The lowest BCUT2D eigenvalue weighted by Gasteiger charge is -2.23. The summed E-state index contributed by atoms with van der Waals surface area (Å²) in [5.41, 5.74) is 2.80. The van der Waals surface area contributed by atoms with Gasteiger partial charge >= 0.3 is 0 Å². The summed E-state index contributed by atoms with van der Waals surface area (Å²) >= 11 is 0. The minimum atomic E-state index is -0.291. The fourth-order valence-corrected chi connectivity index (χ4v) is 3.73. The average Bonchev–Trinajstić information content (AvgIpc) is 2.75. The Hall–Kier alpha value is -2.41. The Morgan fingerprint density at radius 1 is 1.21 bits per heavy atom. The van der Waals surface area contributed by atoms with Crippen LogP contribution in [0.1, 0.15) is 23.6 Å². The highest BCUT2D eigenvalue weighted by Gasteiger charge is 2.25. The Bertz CT molecular complexity index is 776. The van der Waals surface area contributed by atoms with E-state index in [4.69, 9.17) is 9.47 Å². The predicted molar refractivity (Wildman–Crippen MR) is 113 cm³/mol. The van der Waals surface area contributed by atoms with Crippen molar-refractivity contribution in [3.05, 3.63) is 59.7 Å². The van der Waals surface area contributed by atoms with Crippen molar-refractivity contribution in [1.82, 2.24) is 0 Å². The second kappa shape index (κ2) is 11.0. The molecule has 0 spiro atoms. The molecule has 1 fully saturated rings. The molecule has 1 amide bonds. The predicted octanol–water partition coefficient (Wildman–Crippen LogP) is 0.552. The lowest BCUT2D eigenvalue weighted by atomic mass is 10.1. The molecule has 1 aliphatic heterocycles. The molecule has 0 aromatic heterocycles. The second-order valence-corrected chi connectivity index (χ2v) is 7.57. The number of hydrogen-bond acceptors (Lipinski definition) is 3. The summed E-state index contributed by atoms with van der Waals surface area (Å²) in [5, 5.41) is 5.22. The number of anilines is 1. The maximum absolute atomic E-state index is 13.2. The van der Waals surface area contributed by atoms with Gasteiger partial charge in [-0.2, -0.15) is 0 Å². The smallest absolute Gasteiger partial charge is 0.287 e. The SMILES string of the molecule is COc1ccc(C)cc1NC(=O)[C@@H]([NH2+]CCC[NH+]1CCOCC1)c1ccccc1. The maximum Gasteiger partial charge on any atom is 0.287 e. The Kier molecular flexibility index (Phi) is 8.04. The van der Waals surface area contributed by atoms with E-state index in [-0.39, 0.29) is 11.9 Å². The number of methoxy groups -OCH3 is 1. The zero-order valence-corrected chi connectivity index (χ0v) is 17.4. The number of quaternary nitrogens is 2. The van der Waals surface area contributed by atoms with Crippen molar-refractivity contribution in [3.63, 3.8) is 0 Å². The first-order valence-corrected chi connectivity index (χ1v) is 10.4. The van der Waals surface area contributed by atoms with E-state index in [1.165, 1.54) is 0 Å². The summed E-state index contributed by atoms with van der Waals surface area (Å²) in [4.78, 5) is 14.8. The highest BCUT2D eigenvalue weighted by Crippen LogP contribution is 2.26. The monoisotopic (exact) mass is 399 g/mol. The molecular weight excluding hydrogens is 366 g/mol. The number of morpholine rings is 1. The number of carbonyl (C=O) groups excluding carboxylic acids is 1. The summed E-state index contributed by atoms with van der Waals surface area (Å²) < 4.78 is 10.8. The average molecular weight is 400 g/mol. The van der Waals surface area contributed by atoms with E-state index in [2.05, 4.69) is 10.6 Å². The van der Waals surface area contributed by atoms with Crippen LogP contribution in [0, 0.1) is 6.92 Å². The Balaban J connectivity index is 1.63. The van der Waals surface area contributed by atoms with Gasteiger partial charge in [0.05, 0.1) is 39.1 Å². The highest BCUT2D eigenvalue weighted by molar-refractivity contribution is 5.95. The molecule has 1 heterocycles. The minimum Gasteiger partial charge on any atom is -0.495 e. The molecule has 0 radical (unpaired) electrons. The van der Waals surface area contributed by atoms with E-state index < -0.39 is 0 Å². The Labute approximate surface area is 173 Å². The van der Waals surface area contributed by atoms with Crippen molar-refractivity contribution in [1.29, 1.82) is 0 Å². The second-order valence-electron chi connectivity index (χ2n) is 7.57. The maximum atomic E-state index is 13.2. The summed E-state index contributed by atoms with van der Waals surface area (Å²) in [6.07, 6.45) is 1.07. The van der Waals surface area contributed by atoms with Gasteiger partial charge in [0.1, 0.15) is 18.8 Å². The number of aryl methyl sites for hydroxylation is 1. The molecule has 0 unspecified atom stereocenters. The molecule has 1 aliphatic rings. The first-order chi connectivity index (χ1) is 14.2. The molecule has 1 saturated heterocycles. The minimum absolute atomic E-state index is 0.0289. The van der Waals surface area contributed by atoms with E-state index in [1.807, 2.05) is 55.5 Å². The van der Waals surface area contributed by atoms with Crippen molar-refractivity contribution in [2.45, 2.75) is 19.4 Å². The number of amides is 1.